The average Bonchev–Trinajstić information content (AvgIpc) is 2.89. The molecule has 0 amide bonds. The molecule has 0 atom stereocenters. The lowest BCUT2D eigenvalue weighted by Gasteiger charge is -2.06. The third kappa shape index (κ3) is 2.73. The highest BCUT2D eigenvalue weighted by Gasteiger charge is 2.03. The largest absolute Gasteiger partial charge is 0.347 e. The Morgan fingerprint density at radius 1 is 1.05 bits per heavy atom. The number of aryl methyl sites for hydroxylation is 2. The van der Waals surface area contributed by atoms with Crippen molar-refractivity contribution in [3.8, 4) is 0 Å². The van der Waals surface area contributed by atoms with Crippen LogP contribution in [0.4, 0.5) is 0 Å². The number of nitrogens with zero attached hydrogens (tertiary/aromatic N) is 2. The van der Waals surface area contributed by atoms with E-state index >= 15 is 0 Å². The first-order valence-electron chi connectivity index (χ1n) is 7.04. The SMILES string of the molecule is NCCc1ccc2ccn(CCc3ccccn3)c2c1. The van der Waals surface area contributed by atoms with E-state index in [1.807, 2.05) is 18.3 Å². The van der Waals surface area contributed by atoms with E-state index in [1.165, 1.54) is 16.5 Å². The molecule has 0 aliphatic carbocycles. The van der Waals surface area contributed by atoms with Gasteiger partial charge in [-0.3, -0.25) is 4.98 Å². The van der Waals surface area contributed by atoms with Crippen LogP contribution in [0.5, 0.6) is 0 Å². The molecular formula is C17H19N3. The van der Waals surface area contributed by atoms with Crippen LogP contribution in [0.3, 0.4) is 0 Å². The lowest BCUT2D eigenvalue weighted by molar-refractivity contribution is 0.710. The first kappa shape index (κ1) is 12.9. The van der Waals surface area contributed by atoms with E-state index in [2.05, 4.69) is 46.1 Å². The summed E-state index contributed by atoms with van der Waals surface area (Å²) in [6, 6.07) is 14.8. The van der Waals surface area contributed by atoms with Crippen molar-refractivity contribution in [2.75, 3.05) is 6.54 Å². The Hall–Kier alpha value is -2.13. The summed E-state index contributed by atoms with van der Waals surface area (Å²) in [6.07, 6.45) is 5.88. The van der Waals surface area contributed by atoms with Crippen molar-refractivity contribution < 1.29 is 0 Å². The van der Waals surface area contributed by atoms with E-state index in [9.17, 15) is 0 Å². The Morgan fingerprint density at radius 3 is 2.80 bits per heavy atom. The topological polar surface area (TPSA) is 43.8 Å². The van der Waals surface area contributed by atoms with Crippen molar-refractivity contribution in [1.82, 2.24) is 9.55 Å². The van der Waals surface area contributed by atoms with Gasteiger partial charge in [0, 0.05) is 36.6 Å². The Morgan fingerprint density at radius 2 is 2.00 bits per heavy atom. The maximum absolute atomic E-state index is 5.64. The van der Waals surface area contributed by atoms with Gasteiger partial charge in [-0.25, -0.2) is 0 Å². The van der Waals surface area contributed by atoms with Crippen LogP contribution in [-0.2, 0) is 19.4 Å². The lowest BCUT2D eigenvalue weighted by Crippen LogP contribution is -2.04. The molecule has 1 aromatic carbocycles. The van der Waals surface area contributed by atoms with Crippen molar-refractivity contribution in [3.63, 3.8) is 0 Å². The second-order valence-corrected chi connectivity index (χ2v) is 5.01. The molecule has 3 heteroatoms. The molecule has 0 aliphatic heterocycles. The number of aromatic nitrogens is 2. The van der Waals surface area contributed by atoms with Crippen LogP contribution in [0, 0.1) is 0 Å². The number of benzene rings is 1. The Kier molecular flexibility index (Phi) is 3.79. The molecule has 0 aliphatic rings. The first-order valence-corrected chi connectivity index (χ1v) is 7.04. The number of pyridine rings is 1. The highest BCUT2D eigenvalue weighted by molar-refractivity contribution is 5.80. The minimum atomic E-state index is 0.695. The van der Waals surface area contributed by atoms with Crippen LogP contribution >= 0.6 is 0 Å². The van der Waals surface area contributed by atoms with Gasteiger partial charge >= 0.3 is 0 Å². The zero-order chi connectivity index (χ0) is 13.8. The molecule has 0 unspecified atom stereocenters. The molecule has 0 radical (unpaired) electrons. The van der Waals surface area contributed by atoms with Gasteiger partial charge < -0.3 is 10.3 Å². The van der Waals surface area contributed by atoms with Gasteiger partial charge in [0.05, 0.1) is 0 Å². The molecule has 3 nitrogen and oxygen atoms in total. The van der Waals surface area contributed by atoms with Crippen molar-refractivity contribution >= 4 is 10.9 Å². The highest BCUT2D eigenvalue weighted by Crippen LogP contribution is 2.18. The van der Waals surface area contributed by atoms with Crippen molar-refractivity contribution in [1.29, 1.82) is 0 Å². The molecule has 0 spiro atoms. The molecule has 3 aromatic rings. The number of hydrogen-bond donors (Lipinski definition) is 1. The number of rotatable bonds is 5. The maximum Gasteiger partial charge on any atom is 0.0483 e. The molecule has 2 heterocycles. The van der Waals surface area contributed by atoms with E-state index in [4.69, 9.17) is 5.73 Å². The van der Waals surface area contributed by atoms with Crippen LogP contribution in [0.2, 0.25) is 0 Å². The lowest BCUT2D eigenvalue weighted by atomic mass is 10.1. The second-order valence-electron chi connectivity index (χ2n) is 5.01. The van der Waals surface area contributed by atoms with Crippen molar-refractivity contribution in [3.05, 3.63) is 66.1 Å². The van der Waals surface area contributed by atoms with Crippen LogP contribution < -0.4 is 5.73 Å². The summed E-state index contributed by atoms with van der Waals surface area (Å²) in [7, 11) is 0. The fourth-order valence-electron chi connectivity index (χ4n) is 2.53. The smallest absolute Gasteiger partial charge is 0.0483 e. The standard InChI is InChI=1S/C17H19N3/c18-9-6-14-4-5-15-7-11-20(17(15)13-14)12-8-16-3-1-2-10-19-16/h1-5,7,10-11,13H,6,8-9,12,18H2. The molecule has 2 N–H and O–H groups in total. The first-order chi connectivity index (χ1) is 9.86. The van der Waals surface area contributed by atoms with Gasteiger partial charge in [-0.1, -0.05) is 18.2 Å². The molecule has 0 bridgehead atoms. The van der Waals surface area contributed by atoms with E-state index < -0.39 is 0 Å². The minimum Gasteiger partial charge on any atom is -0.347 e. The third-order valence-electron chi connectivity index (χ3n) is 3.61. The molecule has 0 saturated heterocycles. The quantitative estimate of drug-likeness (QED) is 0.771. The maximum atomic E-state index is 5.64. The van der Waals surface area contributed by atoms with Crippen LogP contribution in [0.25, 0.3) is 10.9 Å². The van der Waals surface area contributed by atoms with E-state index in [-0.39, 0.29) is 0 Å². The summed E-state index contributed by atoms with van der Waals surface area (Å²) in [5.41, 5.74) is 9.36. The fraction of sp³-hybridized carbons (Fsp3) is 0.235. The summed E-state index contributed by atoms with van der Waals surface area (Å²) in [4.78, 5) is 4.38. The monoisotopic (exact) mass is 265 g/mol. The summed E-state index contributed by atoms with van der Waals surface area (Å²) in [5, 5.41) is 1.28. The second kappa shape index (κ2) is 5.88. The number of fused-ring (bicyclic) bond motifs is 1. The summed E-state index contributed by atoms with van der Waals surface area (Å²) >= 11 is 0. The van der Waals surface area contributed by atoms with Gasteiger partial charge in [0.25, 0.3) is 0 Å². The van der Waals surface area contributed by atoms with Crippen molar-refractivity contribution in [2.45, 2.75) is 19.4 Å². The molecular weight excluding hydrogens is 246 g/mol. The average molecular weight is 265 g/mol. The fourth-order valence-corrected chi connectivity index (χ4v) is 2.53. The van der Waals surface area contributed by atoms with Crippen LogP contribution in [-0.4, -0.2) is 16.1 Å². The predicted molar refractivity (Wildman–Crippen MR) is 82.6 cm³/mol. The van der Waals surface area contributed by atoms with Crippen molar-refractivity contribution in [2.24, 2.45) is 5.73 Å². The van der Waals surface area contributed by atoms with E-state index in [0.29, 0.717) is 6.54 Å². The van der Waals surface area contributed by atoms with Crippen LogP contribution in [0.1, 0.15) is 11.3 Å². The summed E-state index contributed by atoms with van der Waals surface area (Å²) in [6.45, 7) is 1.65. The van der Waals surface area contributed by atoms with Crippen LogP contribution in [0.15, 0.2) is 54.9 Å². The normalized spacial score (nSPS) is 11.1. The van der Waals surface area contributed by atoms with Gasteiger partial charge in [0.1, 0.15) is 0 Å². The predicted octanol–water partition coefficient (Wildman–Crippen LogP) is 2.78. The highest BCUT2D eigenvalue weighted by atomic mass is 15.0. The molecule has 2 aromatic heterocycles. The van der Waals surface area contributed by atoms with Gasteiger partial charge in [-0.05, 0) is 48.2 Å². The molecule has 20 heavy (non-hydrogen) atoms. The Balaban J connectivity index is 1.82. The number of hydrogen-bond acceptors (Lipinski definition) is 2. The number of nitrogens with two attached hydrogens (primary N) is 1. The zero-order valence-corrected chi connectivity index (χ0v) is 11.5. The minimum absolute atomic E-state index is 0.695. The van der Waals surface area contributed by atoms with E-state index in [1.54, 1.807) is 0 Å². The van der Waals surface area contributed by atoms with Gasteiger partial charge in [-0.15, -0.1) is 0 Å². The Labute approximate surface area is 119 Å². The molecule has 102 valence electrons. The molecule has 0 saturated carbocycles. The molecule has 3 rings (SSSR count). The van der Waals surface area contributed by atoms with Gasteiger partial charge in [-0.2, -0.15) is 0 Å². The summed E-state index contributed by atoms with van der Waals surface area (Å²) in [5.74, 6) is 0. The third-order valence-corrected chi connectivity index (χ3v) is 3.61. The zero-order valence-electron chi connectivity index (χ0n) is 11.5. The van der Waals surface area contributed by atoms with Gasteiger partial charge in [0.2, 0.25) is 0 Å². The van der Waals surface area contributed by atoms with E-state index in [0.717, 1.165) is 25.1 Å². The van der Waals surface area contributed by atoms with Gasteiger partial charge in [0.15, 0.2) is 0 Å². The summed E-state index contributed by atoms with van der Waals surface area (Å²) < 4.78 is 2.30. The Bertz CT molecular complexity index is 686. The molecule has 0 fully saturated rings.